The normalized spacial score (nSPS) is 18.1. The zero-order valence-corrected chi connectivity index (χ0v) is 17.4. The summed E-state index contributed by atoms with van der Waals surface area (Å²) in [4.78, 5) is 43.3. The predicted octanol–water partition coefficient (Wildman–Crippen LogP) is 3.09. The molecular weight excluding hydrogens is 421 g/mol. The molecule has 2 aromatic heterocycles. The van der Waals surface area contributed by atoms with Gasteiger partial charge in [0.05, 0.1) is 18.3 Å². The number of hydrogen-bond donors (Lipinski definition) is 1. The standard InChI is InChI=1S/C21H18FN5O3S/c1-12(13-5-3-2-4-6-13)27-19(29)21(9-10-21)26(20(27)30)11-16-24-25-18(31-16)15-8-7-14(22)17(28)23-15/h2-8,12H,9-11H2,1H3,(H,23,28)/t12-/m0/s1. The Hall–Kier alpha value is -3.40. The van der Waals surface area contributed by atoms with E-state index in [4.69, 9.17) is 0 Å². The van der Waals surface area contributed by atoms with Gasteiger partial charge in [0.1, 0.15) is 10.5 Å². The lowest BCUT2D eigenvalue weighted by atomic mass is 10.1. The molecule has 10 heteroatoms. The molecule has 1 spiro atoms. The number of nitrogens with one attached hydrogen (secondary N) is 1. The van der Waals surface area contributed by atoms with Gasteiger partial charge in [-0.3, -0.25) is 14.5 Å². The minimum Gasteiger partial charge on any atom is -0.317 e. The Balaban J connectivity index is 1.40. The van der Waals surface area contributed by atoms with Gasteiger partial charge >= 0.3 is 6.03 Å². The van der Waals surface area contributed by atoms with Gasteiger partial charge in [0.25, 0.3) is 11.5 Å². The van der Waals surface area contributed by atoms with Gasteiger partial charge in [-0.15, -0.1) is 10.2 Å². The molecule has 1 saturated heterocycles. The number of imide groups is 1. The molecule has 0 radical (unpaired) electrons. The van der Waals surface area contributed by atoms with Crippen LogP contribution in [0.3, 0.4) is 0 Å². The van der Waals surface area contributed by atoms with Crippen molar-refractivity contribution in [3.8, 4) is 10.7 Å². The lowest BCUT2D eigenvalue weighted by Gasteiger charge is -2.23. The number of urea groups is 1. The maximum Gasteiger partial charge on any atom is 0.328 e. The number of aromatic nitrogens is 3. The summed E-state index contributed by atoms with van der Waals surface area (Å²) in [6, 6.07) is 11.2. The summed E-state index contributed by atoms with van der Waals surface area (Å²) >= 11 is 1.19. The summed E-state index contributed by atoms with van der Waals surface area (Å²) in [6.07, 6.45) is 1.24. The Morgan fingerprint density at radius 2 is 1.87 bits per heavy atom. The van der Waals surface area contributed by atoms with Crippen LogP contribution in [-0.4, -0.2) is 42.5 Å². The van der Waals surface area contributed by atoms with E-state index in [9.17, 15) is 18.8 Å². The number of nitrogens with zero attached hydrogens (tertiary/aromatic N) is 4. The SMILES string of the molecule is C[C@@H](c1ccccc1)N1C(=O)N(Cc2nnc(-c3ccc(F)c(=O)[nH]3)s2)C2(CC2)C1=O. The molecule has 3 aromatic rings. The molecule has 8 nitrogen and oxygen atoms in total. The van der Waals surface area contributed by atoms with Crippen LogP contribution in [0.4, 0.5) is 9.18 Å². The topological polar surface area (TPSA) is 99.3 Å². The van der Waals surface area contributed by atoms with Crippen LogP contribution in [0.15, 0.2) is 47.3 Å². The van der Waals surface area contributed by atoms with Crippen LogP contribution < -0.4 is 5.56 Å². The van der Waals surface area contributed by atoms with Crippen molar-refractivity contribution in [1.82, 2.24) is 25.0 Å². The van der Waals surface area contributed by atoms with E-state index in [0.717, 1.165) is 11.6 Å². The number of carbonyl (C=O) groups is 2. The Morgan fingerprint density at radius 3 is 2.55 bits per heavy atom. The van der Waals surface area contributed by atoms with Crippen molar-refractivity contribution < 1.29 is 14.0 Å². The highest BCUT2D eigenvalue weighted by Gasteiger charge is 2.65. The fourth-order valence-corrected chi connectivity index (χ4v) is 4.73. The minimum atomic E-state index is -0.877. The van der Waals surface area contributed by atoms with Crippen molar-refractivity contribution in [3.05, 3.63) is 69.2 Å². The van der Waals surface area contributed by atoms with Gasteiger partial charge in [-0.05, 0) is 37.5 Å². The monoisotopic (exact) mass is 439 g/mol. The number of halogens is 1. The third-order valence-electron chi connectivity index (χ3n) is 5.82. The molecule has 3 heterocycles. The Kier molecular flexibility index (Phi) is 4.47. The summed E-state index contributed by atoms with van der Waals surface area (Å²) in [5.74, 6) is -1.06. The number of rotatable bonds is 5. The van der Waals surface area contributed by atoms with E-state index in [2.05, 4.69) is 15.2 Å². The average Bonchev–Trinajstić information content (AvgIpc) is 3.40. The molecule has 1 aromatic carbocycles. The summed E-state index contributed by atoms with van der Waals surface area (Å²) in [7, 11) is 0. The predicted molar refractivity (Wildman–Crippen MR) is 111 cm³/mol. The van der Waals surface area contributed by atoms with Crippen molar-refractivity contribution >= 4 is 23.3 Å². The van der Waals surface area contributed by atoms with Crippen LogP contribution in [0.25, 0.3) is 10.7 Å². The van der Waals surface area contributed by atoms with Crippen molar-refractivity contribution in [2.45, 2.75) is 37.9 Å². The second-order valence-corrected chi connectivity index (χ2v) is 8.77. The quantitative estimate of drug-likeness (QED) is 0.616. The van der Waals surface area contributed by atoms with E-state index < -0.39 is 16.9 Å². The van der Waals surface area contributed by atoms with E-state index in [-0.39, 0.29) is 24.5 Å². The number of pyridine rings is 1. The average molecular weight is 439 g/mol. The van der Waals surface area contributed by atoms with Crippen molar-refractivity contribution in [2.75, 3.05) is 0 Å². The molecule has 1 atom stereocenters. The molecule has 1 aliphatic carbocycles. The molecule has 2 fully saturated rings. The summed E-state index contributed by atoms with van der Waals surface area (Å²) in [5, 5.41) is 9.11. The van der Waals surface area contributed by atoms with Gasteiger partial charge in [-0.1, -0.05) is 41.7 Å². The van der Waals surface area contributed by atoms with E-state index in [1.54, 1.807) is 4.90 Å². The molecule has 31 heavy (non-hydrogen) atoms. The zero-order valence-electron chi connectivity index (χ0n) is 16.5. The molecule has 0 bridgehead atoms. The van der Waals surface area contributed by atoms with Crippen molar-refractivity contribution in [1.29, 1.82) is 0 Å². The molecule has 3 amide bonds. The number of carbonyl (C=O) groups excluding carboxylic acids is 2. The highest BCUT2D eigenvalue weighted by molar-refractivity contribution is 7.14. The second-order valence-electron chi connectivity index (χ2n) is 7.71. The number of benzene rings is 1. The third kappa shape index (κ3) is 3.14. The smallest absolute Gasteiger partial charge is 0.317 e. The van der Waals surface area contributed by atoms with Crippen molar-refractivity contribution in [3.63, 3.8) is 0 Å². The van der Waals surface area contributed by atoms with Crippen LogP contribution in [0.2, 0.25) is 0 Å². The Bertz CT molecular complexity index is 1240. The lowest BCUT2D eigenvalue weighted by molar-refractivity contribution is -0.130. The first kappa shape index (κ1) is 19.6. The van der Waals surface area contributed by atoms with Crippen LogP contribution in [-0.2, 0) is 11.3 Å². The fourth-order valence-electron chi connectivity index (χ4n) is 3.93. The number of amides is 3. The molecule has 1 saturated carbocycles. The molecular formula is C21H18FN5O3S. The van der Waals surface area contributed by atoms with Gasteiger partial charge in [0, 0.05) is 0 Å². The Labute approximate surface area is 180 Å². The zero-order chi connectivity index (χ0) is 21.8. The molecule has 5 rings (SSSR count). The first-order chi connectivity index (χ1) is 14.9. The maximum absolute atomic E-state index is 13.2. The van der Waals surface area contributed by atoms with E-state index in [1.165, 1.54) is 22.3 Å². The van der Waals surface area contributed by atoms with Crippen molar-refractivity contribution in [2.24, 2.45) is 0 Å². The van der Waals surface area contributed by atoms with Gasteiger partial charge < -0.3 is 9.88 Å². The number of hydrogen-bond acceptors (Lipinski definition) is 6. The van der Waals surface area contributed by atoms with Gasteiger partial charge in [0.15, 0.2) is 10.8 Å². The van der Waals surface area contributed by atoms with E-state index >= 15 is 0 Å². The van der Waals surface area contributed by atoms with Crippen LogP contribution in [0, 0.1) is 5.82 Å². The first-order valence-electron chi connectivity index (χ1n) is 9.82. The van der Waals surface area contributed by atoms with E-state index in [1.807, 2.05) is 37.3 Å². The molecule has 1 N–H and O–H groups in total. The minimum absolute atomic E-state index is 0.145. The van der Waals surface area contributed by atoms with Gasteiger partial charge in [0.2, 0.25) is 0 Å². The highest BCUT2D eigenvalue weighted by Crippen LogP contribution is 2.50. The summed E-state index contributed by atoms with van der Waals surface area (Å²) < 4.78 is 13.2. The third-order valence-corrected chi connectivity index (χ3v) is 6.76. The largest absolute Gasteiger partial charge is 0.328 e. The summed E-state index contributed by atoms with van der Waals surface area (Å²) in [5.41, 5.74) is -0.410. The lowest BCUT2D eigenvalue weighted by Crippen LogP contribution is -2.36. The van der Waals surface area contributed by atoms with E-state index in [0.29, 0.717) is 28.6 Å². The molecule has 2 aliphatic rings. The first-order valence-corrected chi connectivity index (χ1v) is 10.6. The van der Waals surface area contributed by atoms with Crippen LogP contribution in [0.1, 0.15) is 36.4 Å². The van der Waals surface area contributed by atoms with Gasteiger partial charge in [-0.25, -0.2) is 9.18 Å². The van der Waals surface area contributed by atoms with Gasteiger partial charge in [-0.2, -0.15) is 0 Å². The molecule has 158 valence electrons. The number of aromatic amines is 1. The fraction of sp³-hybridized carbons (Fsp3) is 0.286. The molecule has 1 aliphatic heterocycles. The van der Waals surface area contributed by atoms with Crippen LogP contribution in [0.5, 0.6) is 0 Å². The highest BCUT2D eigenvalue weighted by atomic mass is 32.1. The molecule has 0 unspecified atom stereocenters. The number of H-pyrrole nitrogens is 1. The summed E-state index contributed by atoms with van der Waals surface area (Å²) in [6.45, 7) is 1.99. The Morgan fingerprint density at radius 1 is 1.13 bits per heavy atom. The second kappa shape index (κ2) is 7.09. The maximum atomic E-state index is 13.2. The van der Waals surface area contributed by atoms with Crippen LogP contribution >= 0.6 is 11.3 Å².